The normalized spacial score (nSPS) is 21.9. The lowest BCUT2D eigenvalue weighted by molar-refractivity contribution is 0.0930. The average Bonchev–Trinajstić information content (AvgIpc) is 3.14. The number of piperidine rings is 1. The summed E-state index contributed by atoms with van der Waals surface area (Å²) >= 11 is 0. The Morgan fingerprint density at radius 2 is 2.00 bits per heavy atom. The fourth-order valence-corrected chi connectivity index (χ4v) is 3.86. The molecule has 0 bridgehead atoms. The fraction of sp³-hybridized carbons (Fsp3) is 0.450. The summed E-state index contributed by atoms with van der Waals surface area (Å²) in [5.41, 5.74) is 2.15. The summed E-state index contributed by atoms with van der Waals surface area (Å²) in [6.07, 6.45) is 3.27. The maximum Gasteiger partial charge on any atom is 0.251 e. The van der Waals surface area contributed by atoms with Crippen molar-refractivity contribution < 1.29 is 9.53 Å². The van der Waals surface area contributed by atoms with Crippen LogP contribution in [0.4, 0.5) is 0 Å². The molecular weight excluding hydrogens is 300 g/mol. The predicted octanol–water partition coefficient (Wildman–Crippen LogP) is 2.83. The predicted molar refractivity (Wildman–Crippen MR) is 95.5 cm³/mol. The largest absolute Gasteiger partial charge is 0.379 e. The van der Waals surface area contributed by atoms with Gasteiger partial charge in [-0.2, -0.15) is 0 Å². The van der Waals surface area contributed by atoms with Gasteiger partial charge >= 0.3 is 0 Å². The Morgan fingerprint density at radius 1 is 1.12 bits per heavy atom. The first kappa shape index (κ1) is 15.6. The summed E-state index contributed by atoms with van der Waals surface area (Å²) in [4.78, 5) is 12.5. The molecule has 1 amide bonds. The van der Waals surface area contributed by atoms with E-state index in [9.17, 15) is 4.79 Å². The quantitative estimate of drug-likeness (QED) is 0.913. The summed E-state index contributed by atoms with van der Waals surface area (Å²) in [5, 5.41) is 8.93. The number of benzene rings is 2. The van der Waals surface area contributed by atoms with E-state index in [1.807, 2.05) is 12.1 Å². The topological polar surface area (TPSA) is 50.4 Å². The summed E-state index contributed by atoms with van der Waals surface area (Å²) in [7, 11) is 0. The number of fused-ring (bicyclic) bond motifs is 1. The number of carbonyl (C=O) groups excluding carboxylic acids is 1. The van der Waals surface area contributed by atoms with Gasteiger partial charge in [0, 0.05) is 12.2 Å². The van der Waals surface area contributed by atoms with E-state index in [2.05, 4.69) is 34.9 Å². The molecule has 2 aliphatic rings. The van der Waals surface area contributed by atoms with Crippen LogP contribution in [-0.4, -0.2) is 38.3 Å². The van der Waals surface area contributed by atoms with Gasteiger partial charge in [-0.25, -0.2) is 0 Å². The molecule has 24 heavy (non-hydrogen) atoms. The molecule has 4 heteroatoms. The first-order valence-corrected chi connectivity index (χ1v) is 8.93. The molecule has 2 aromatic carbocycles. The van der Waals surface area contributed by atoms with Gasteiger partial charge in [-0.1, -0.05) is 24.3 Å². The number of ether oxygens (including phenoxy) is 1. The maximum absolute atomic E-state index is 12.5. The fourth-order valence-electron chi connectivity index (χ4n) is 3.86. The Bertz CT molecular complexity index is 731. The van der Waals surface area contributed by atoms with Crippen LogP contribution in [0, 0.1) is 0 Å². The van der Waals surface area contributed by atoms with Gasteiger partial charge in [-0.3, -0.25) is 4.79 Å². The molecule has 0 aliphatic carbocycles. The van der Waals surface area contributed by atoms with Crippen molar-refractivity contribution in [3.8, 4) is 0 Å². The van der Waals surface area contributed by atoms with Crippen molar-refractivity contribution in [3.63, 3.8) is 0 Å². The van der Waals surface area contributed by atoms with Gasteiger partial charge in [-0.05, 0) is 66.7 Å². The molecule has 0 spiro atoms. The highest BCUT2D eigenvalue weighted by Crippen LogP contribution is 2.31. The van der Waals surface area contributed by atoms with E-state index in [-0.39, 0.29) is 11.9 Å². The molecule has 4 rings (SSSR count). The highest BCUT2D eigenvalue weighted by molar-refractivity contribution is 5.99. The summed E-state index contributed by atoms with van der Waals surface area (Å²) in [6, 6.07) is 12.7. The zero-order valence-corrected chi connectivity index (χ0v) is 13.9. The molecule has 126 valence electrons. The van der Waals surface area contributed by atoms with Crippen LogP contribution in [0.25, 0.3) is 10.8 Å². The summed E-state index contributed by atoms with van der Waals surface area (Å²) < 4.78 is 5.33. The smallest absolute Gasteiger partial charge is 0.251 e. The van der Waals surface area contributed by atoms with Gasteiger partial charge < -0.3 is 15.4 Å². The van der Waals surface area contributed by atoms with E-state index in [0.717, 1.165) is 37.1 Å². The van der Waals surface area contributed by atoms with Crippen molar-refractivity contribution in [2.75, 3.05) is 26.3 Å². The van der Waals surface area contributed by atoms with Crippen LogP contribution in [0.3, 0.4) is 0 Å². The Morgan fingerprint density at radius 3 is 2.79 bits per heavy atom. The van der Waals surface area contributed by atoms with Gasteiger partial charge in [0.05, 0.1) is 12.6 Å². The van der Waals surface area contributed by atoms with Crippen molar-refractivity contribution in [2.24, 2.45) is 0 Å². The molecule has 2 fully saturated rings. The van der Waals surface area contributed by atoms with Gasteiger partial charge in [0.25, 0.3) is 5.91 Å². The van der Waals surface area contributed by atoms with E-state index in [1.54, 1.807) is 0 Å². The van der Waals surface area contributed by atoms with Crippen LogP contribution >= 0.6 is 0 Å². The lowest BCUT2D eigenvalue weighted by Gasteiger charge is -2.24. The number of hydrogen-bond acceptors (Lipinski definition) is 3. The number of carbonyl (C=O) groups is 1. The van der Waals surface area contributed by atoms with Crippen molar-refractivity contribution >= 4 is 16.7 Å². The summed E-state index contributed by atoms with van der Waals surface area (Å²) in [6.45, 7) is 3.54. The Balaban J connectivity index is 1.60. The third-order valence-electron chi connectivity index (χ3n) is 5.22. The lowest BCUT2D eigenvalue weighted by Crippen LogP contribution is -2.34. The van der Waals surface area contributed by atoms with Crippen LogP contribution in [0.1, 0.15) is 41.1 Å². The number of nitrogens with one attached hydrogen (secondary N) is 2. The van der Waals surface area contributed by atoms with E-state index in [1.165, 1.54) is 23.8 Å². The van der Waals surface area contributed by atoms with Crippen LogP contribution in [-0.2, 0) is 4.74 Å². The van der Waals surface area contributed by atoms with Gasteiger partial charge in [-0.15, -0.1) is 0 Å². The molecule has 1 atom stereocenters. The molecule has 2 aromatic rings. The van der Waals surface area contributed by atoms with E-state index in [4.69, 9.17) is 4.74 Å². The molecule has 2 heterocycles. The standard InChI is InChI=1S/C20H24N2O2/c23-20(22-17-8-11-24-13-17)16-4-5-19-15(12-16)2-1-3-18(19)14-6-9-21-10-7-14/h1-5,12,14,17,21H,6-11,13H2,(H,22,23). The zero-order valence-electron chi connectivity index (χ0n) is 13.9. The molecular formula is C20H24N2O2. The van der Waals surface area contributed by atoms with Gasteiger partial charge in [0.2, 0.25) is 0 Å². The van der Waals surface area contributed by atoms with Gasteiger partial charge in [0.15, 0.2) is 0 Å². The average molecular weight is 324 g/mol. The van der Waals surface area contributed by atoms with Crippen molar-refractivity contribution in [1.82, 2.24) is 10.6 Å². The molecule has 0 saturated carbocycles. The lowest BCUT2D eigenvalue weighted by atomic mass is 9.86. The third-order valence-corrected chi connectivity index (χ3v) is 5.22. The minimum Gasteiger partial charge on any atom is -0.379 e. The molecule has 0 radical (unpaired) electrons. The monoisotopic (exact) mass is 324 g/mol. The summed E-state index contributed by atoms with van der Waals surface area (Å²) in [5.74, 6) is 0.616. The second kappa shape index (κ2) is 6.91. The molecule has 1 unspecified atom stereocenters. The highest BCUT2D eigenvalue weighted by atomic mass is 16.5. The Labute approximate surface area is 142 Å². The minimum atomic E-state index is -0.000306. The zero-order chi connectivity index (χ0) is 16.4. The second-order valence-corrected chi connectivity index (χ2v) is 6.84. The van der Waals surface area contributed by atoms with Crippen LogP contribution in [0.15, 0.2) is 36.4 Å². The van der Waals surface area contributed by atoms with E-state index >= 15 is 0 Å². The van der Waals surface area contributed by atoms with Crippen LogP contribution in [0.2, 0.25) is 0 Å². The number of amides is 1. The minimum absolute atomic E-state index is 0.000306. The highest BCUT2D eigenvalue weighted by Gasteiger charge is 2.20. The maximum atomic E-state index is 12.5. The Kier molecular flexibility index (Phi) is 4.50. The molecule has 4 nitrogen and oxygen atoms in total. The molecule has 2 aliphatic heterocycles. The second-order valence-electron chi connectivity index (χ2n) is 6.84. The first-order valence-electron chi connectivity index (χ1n) is 8.93. The van der Waals surface area contributed by atoms with E-state index < -0.39 is 0 Å². The number of rotatable bonds is 3. The van der Waals surface area contributed by atoms with Crippen LogP contribution in [0.5, 0.6) is 0 Å². The Hall–Kier alpha value is -1.91. The SMILES string of the molecule is O=C(NC1CCOC1)c1ccc2c(C3CCNCC3)cccc2c1. The van der Waals surface area contributed by atoms with Crippen molar-refractivity contribution in [1.29, 1.82) is 0 Å². The molecule has 0 aromatic heterocycles. The molecule has 2 saturated heterocycles. The van der Waals surface area contributed by atoms with Crippen molar-refractivity contribution in [2.45, 2.75) is 31.2 Å². The van der Waals surface area contributed by atoms with Crippen molar-refractivity contribution in [3.05, 3.63) is 47.5 Å². The third kappa shape index (κ3) is 3.17. The molecule has 2 N–H and O–H groups in total. The van der Waals surface area contributed by atoms with Gasteiger partial charge in [0.1, 0.15) is 0 Å². The van der Waals surface area contributed by atoms with Crippen LogP contribution < -0.4 is 10.6 Å². The first-order chi connectivity index (χ1) is 11.8. The number of hydrogen-bond donors (Lipinski definition) is 2. The van der Waals surface area contributed by atoms with E-state index in [0.29, 0.717) is 12.5 Å².